The van der Waals surface area contributed by atoms with Gasteiger partial charge in [-0.1, -0.05) is 6.07 Å². The van der Waals surface area contributed by atoms with E-state index in [1.807, 2.05) is 18.2 Å². The summed E-state index contributed by atoms with van der Waals surface area (Å²) in [5.74, 6) is 0.761. The number of nitrogens with zero attached hydrogens (tertiary/aromatic N) is 1. The average Bonchev–Trinajstić information content (AvgIpc) is 3.30. The van der Waals surface area contributed by atoms with Crippen LogP contribution in [0, 0.1) is 5.92 Å². The average molecular weight is 277 g/mol. The molecule has 110 valence electrons. The number of anilines is 1. The molecule has 0 aromatic heterocycles. The Morgan fingerprint density at radius 3 is 2.60 bits per heavy atom. The van der Waals surface area contributed by atoms with E-state index in [1.165, 1.54) is 7.11 Å². The topological polar surface area (TPSA) is 38.8 Å². The van der Waals surface area contributed by atoms with Gasteiger partial charge < -0.3 is 14.4 Å². The number of benzene rings is 1. The van der Waals surface area contributed by atoms with Crippen molar-refractivity contribution in [2.75, 3.05) is 25.1 Å². The molecule has 0 heterocycles. The summed E-state index contributed by atoms with van der Waals surface area (Å²) in [5, 5.41) is 0. The van der Waals surface area contributed by atoms with Gasteiger partial charge in [0.2, 0.25) is 0 Å². The fourth-order valence-electron chi connectivity index (χ4n) is 2.34. The number of hydrogen-bond acceptors (Lipinski definition) is 4. The van der Waals surface area contributed by atoms with E-state index in [2.05, 4.69) is 24.8 Å². The van der Waals surface area contributed by atoms with E-state index in [1.54, 1.807) is 0 Å². The van der Waals surface area contributed by atoms with Crippen LogP contribution in [0.3, 0.4) is 0 Å². The lowest BCUT2D eigenvalue weighted by molar-refractivity contribution is -0.149. The number of esters is 1. The lowest BCUT2D eigenvalue weighted by Gasteiger charge is -2.22. The maximum atomic E-state index is 11.8. The second-order valence-corrected chi connectivity index (χ2v) is 5.07. The highest BCUT2D eigenvalue weighted by Gasteiger charge is 2.39. The molecule has 0 spiro atoms. The molecule has 4 heteroatoms. The van der Waals surface area contributed by atoms with Crippen molar-refractivity contribution in [1.82, 2.24) is 0 Å². The van der Waals surface area contributed by atoms with Gasteiger partial charge in [0.25, 0.3) is 0 Å². The maximum absolute atomic E-state index is 11.8. The molecule has 1 saturated carbocycles. The van der Waals surface area contributed by atoms with E-state index in [4.69, 9.17) is 9.47 Å². The molecule has 1 fully saturated rings. The lowest BCUT2D eigenvalue weighted by Crippen LogP contribution is -2.30. The van der Waals surface area contributed by atoms with Crippen LogP contribution in [-0.2, 0) is 9.53 Å². The van der Waals surface area contributed by atoms with Crippen molar-refractivity contribution in [1.29, 1.82) is 0 Å². The molecule has 0 bridgehead atoms. The number of ether oxygens (including phenoxy) is 2. The van der Waals surface area contributed by atoms with Crippen molar-refractivity contribution in [2.24, 2.45) is 5.92 Å². The summed E-state index contributed by atoms with van der Waals surface area (Å²) in [5.41, 5.74) is 1.12. The zero-order chi connectivity index (χ0) is 14.5. The van der Waals surface area contributed by atoms with Crippen LogP contribution in [0.1, 0.15) is 26.7 Å². The van der Waals surface area contributed by atoms with Crippen LogP contribution in [0.15, 0.2) is 24.3 Å². The molecule has 0 radical (unpaired) electrons. The largest absolute Gasteiger partial charge is 0.478 e. The van der Waals surface area contributed by atoms with Crippen molar-refractivity contribution in [3.8, 4) is 5.75 Å². The molecule has 1 aliphatic carbocycles. The Morgan fingerprint density at radius 1 is 1.35 bits per heavy atom. The Bertz CT molecular complexity index is 453. The molecule has 20 heavy (non-hydrogen) atoms. The normalized spacial score (nSPS) is 15.6. The molecule has 1 atom stereocenters. The van der Waals surface area contributed by atoms with E-state index in [0.29, 0.717) is 5.92 Å². The third kappa shape index (κ3) is 3.44. The van der Waals surface area contributed by atoms with Crippen molar-refractivity contribution in [3.05, 3.63) is 24.3 Å². The highest BCUT2D eigenvalue weighted by atomic mass is 16.6. The standard InChI is InChI=1S/C16H23NO3/c1-4-17(5-2)13-7-6-8-14(11-13)20-15(12-9-10-12)16(18)19-3/h6-8,11-12,15H,4-5,9-10H2,1-3H3. The molecule has 0 saturated heterocycles. The van der Waals surface area contributed by atoms with Crippen molar-refractivity contribution in [3.63, 3.8) is 0 Å². The minimum atomic E-state index is -0.466. The lowest BCUT2D eigenvalue weighted by atomic mass is 10.2. The van der Waals surface area contributed by atoms with Crippen LogP contribution in [0.2, 0.25) is 0 Å². The van der Waals surface area contributed by atoms with E-state index in [9.17, 15) is 4.79 Å². The monoisotopic (exact) mass is 277 g/mol. The third-order valence-corrected chi connectivity index (χ3v) is 3.69. The molecule has 0 aliphatic heterocycles. The van der Waals surface area contributed by atoms with Gasteiger partial charge in [-0.3, -0.25) is 0 Å². The number of methoxy groups -OCH3 is 1. The maximum Gasteiger partial charge on any atom is 0.347 e. The fraction of sp³-hybridized carbons (Fsp3) is 0.562. The number of hydrogen-bond donors (Lipinski definition) is 0. The molecule has 1 unspecified atom stereocenters. The van der Waals surface area contributed by atoms with Crippen LogP contribution >= 0.6 is 0 Å². The van der Waals surface area contributed by atoms with Gasteiger partial charge in [-0.2, -0.15) is 0 Å². The molecule has 0 N–H and O–H groups in total. The molecule has 0 amide bonds. The summed E-state index contributed by atoms with van der Waals surface area (Å²) in [4.78, 5) is 14.0. The molecule has 1 aromatic carbocycles. The Hall–Kier alpha value is -1.71. The van der Waals surface area contributed by atoms with Crippen LogP contribution in [0.5, 0.6) is 5.75 Å². The van der Waals surface area contributed by atoms with Gasteiger partial charge in [0, 0.05) is 30.8 Å². The first-order valence-corrected chi connectivity index (χ1v) is 7.29. The van der Waals surface area contributed by atoms with Gasteiger partial charge in [-0.25, -0.2) is 4.79 Å². The minimum absolute atomic E-state index is 0.277. The quantitative estimate of drug-likeness (QED) is 0.718. The van der Waals surface area contributed by atoms with Crippen molar-refractivity contribution in [2.45, 2.75) is 32.8 Å². The van der Waals surface area contributed by atoms with Gasteiger partial charge in [-0.15, -0.1) is 0 Å². The van der Waals surface area contributed by atoms with Gasteiger partial charge in [0.05, 0.1) is 7.11 Å². The zero-order valence-corrected chi connectivity index (χ0v) is 12.5. The molecular formula is C16H23NO3. The van der Waals surface area contributed by atoms with E-state index in [0.717, 1.165) is 37.4 Å². The highest BCUT2D eigenvalue weighted by molar-refractivity contribution is 5.76. The first-order valence-electron chi connectivity index (χ1n) is 7.29. The van der Waals surface area contributed by atoms with E-state index < -0.39 is 6.10 Å². The second-order valence-electron chi connectivity index (χ2n) is 5.07. The van der Waals surface area contributed by atoms with Gasteiger partial charge in [0.15, 0.2) is 6.10 Å². The Kier molecular flexibility index (Phi) is 4.88. The highest BCUT2D eigenvalue weighted by Crippen LogP contribution is 2.36. The predicted molar refractivity (Wildman–Crippen MR) is 79.2 cm³/mol. The Morgan fingerprint density at radius 2 is 2.05 bits per heavy atom. The van der Waals surface area contributed by atoms with Crippen LogP contribution < -0.4 is 9.64 Å². The van der Waals surface area contributed by atoms with Gasteiger partial charge in [0.1, 0.15) is 5.75 Å². The SMILES string of the molecule is CCN(CC)c1cccc(OC(C(=O)OC)C2CC2)c1. The summed E-state index contributed by atoms with van der Waals surface area (Å²) in [7, 11) is 1.41. The summed E-state index contributed by atoms with van der Waals surface area (Å²) in [6.45, 7) is 6.14. The number of carbonyl (C=O) groups excluding carboxylic acids is 1. The summed E-state index contributed by atoms with van der Waals surface area (Å²) < 4.78 is 10.7. The Labute approximate surface area is 120 Å². The fourth-order valence-corrected chi connectivity index (χ4v) is 2.34. The predicted octanol–water partition coefficient (Wildman–Crippen LogP) is 2.86. The summed E-state index contributed by atoms with van der Waals surface area (Å²) in [6.07, 6.45) is 1.61. The number of carbonyl (C=O) groups is 1. The molecule has 4 nitrogen and oxygen atoms in total. The van der Waals surface area contributed by atoms with Crippen molar-refractivity contribution >= 4 is 11.7 Å². The van der Waals surface area contributed by atoms with Crippen molar-refractivity contribution < 1.29 is 14.3 Å². The van der Waals surface area contributed by atoms with E-state index in [-0.39, 0.29) is 5.97 Å². The molecule has 1 aliphatic rings. The first kappa shape index (κ1) is 14.7. The smallest absolute Gasteiger partial charge is 0.347 e. The first-order chi connectivity index (χ1) is 9.69. The molecule has 1 aromatic rings. The van der Waals surface area contributed by atoms with Gasteiger partial charge >= 0.3 is 5.97 Å². The van der Waals surface area contributed by atoms with Gasteiger partial charge in [-0.05, 0) is 38.8 Å². The molecular weight excluding hydrogens is 254 g/mol. The van der Waals surface area contributed by atoms with Crippen LogP contribution in [0.4, 0.5) is 5.69 Å². The third-order valence-electron chi connectivity index (χ3n) is 3.69. The second kappa shape index (κ2) is 6.64. The summed E-state index contributed by atoms with van der Waals surface area (Å²) in [6, 6.07) is 7.91. The summed E-state index contributed by atoms with van der Waals surface area (Å²) >= 11 is 0. The number of rotatable bonds is 7. The van der Waals surface area contributed by atoms with E-state index >= 15 is 0 Å². The minimum Gasteiger partial charge on any atom is -0.478 e. The van der Waals surface area contributed by atoms with Crippen LogP contribution in [0.25, 0.3) is 0 Å². The molecule has 2 rings (SSSR count). The zero-order valence-electron chi connectivity index (χ0n) is 12.5. The van der Waals surface area contributed by atoms with Crippen LogP contribution in [-0.4, -0.2) is 32.3 Å². The Balaban J connectivity index is 2.11.